The molecular weight excluding hydrogens is 368 g/mol. The normalized spacial score (nSPS) is 20.0. The van der Waals surface area contributed by atoms with Gasteiger partial charge in [0, 0.05) is 23.2 Å². The maximum Gasteiger partial charge on any atom is 0.334 e. The minimum absolute atomic E-state index is 0.328. The lowest BCUT2D eigenvalue weighted by Gasteiger charge is -2.39. The van der Waals surface area contributed by atoms with Gasteiger partial charge in [0.15, 0.2) is 15.4 Å². The van der Waals surface area contributed by atoms with Crippen molar-refractivity contribution in [2.24, 2.45) is 0 Å². The highest BCUT2D eigenvalue weighted by Crippen LogP contribution is 2.48. The molecule has 0 aliphatic carbocycles. The summed E-state index contributed by atoms with van der Waals surface area (Å²) in [6.45, 7) is 5.39. The Bertz CT molecular complexity index is 995. The minimum Gasteiger partial charge on any atom is -0.606 e. The van der Waals surface area contributed by atoms with E-state index in [1.54, 1.807) is 6.92 Å². The van der Waals surface area contributed by atoms with Gasteiger partial charge in [-0.1, -0.05) is 61.2 Å². The van der Waals surface area contributed by atoms with Gasteiger partial charge in [-0.25, -0.2) is 4.79 Å². The first-order chi connectivity index (χ1) is 13.5. The number of rotatable bonds is 4. The molecule has 0 spiro atoms. The number of hydrogen-bond donors (Lipinski definition) is 0. The van der Waals surface area contributed by atoms with Crippen LogP contribution in [-0.4, -0.2) is 10.5 Å². The van der Waals surface area contributed by atoms with Crippen molar-refractivity contribution in [3.63, 3.8) is 0 Å². The average Bonchev–Trinajstić information content (AvgIpc) is 2.72. The first-order valence-corrected chi connectivity index (χ1v) is 10.2. The highest BCUT2D eigenvalue weighted by molar-refractivity contribution is 7.91. The van der Waals surface area contributed by atoms with Crippen molar-refractivity contribution in [3.05, 3.63) is 108 Å². The molecule has 1 heterocycles. The molecule has 0 N–H and O–H groups in total. The maximum absolute atomic E-state index is 13.2. The minimum atomic E-state index is -1.33. The first kappa shape index (κ1) is 18.5. The molecule has 0 saturated heterocycles. The third-order valence-electron chi connectivity index (χ3n) is 4.96. The van der Waals surface area contributed by atoms with Crippen molar-refractivity contribution in [3.8, 4) is 0 Å². The fourth-order valence-corrected chi connectivity index (χ4v) is 5.16. The Balaban J connectivity index is 2.00. The summed E-state index contributed by atoms with van der Waals surface area (Å²) in [7, 11) is 0. The van der Waals surface area contributed by atoms with Gasteiger partial charge in [-0.05, 0) is 36.8 Å². The van der Waals surface area contributed by atoms with Gasteiger partial charge in [-0.15, -0.1) is 0 Å². The van der Waals surface area contributed by atoms with Crippen LogP contribution in [0.1, 0.15) is 23.6 Å². The smallest absolute Gasteiger partial charge is 0.334 e. The van der Waals surface area contributed by atoms with E-state index in [-0.39, 0.29) is 0 Å². The van der Waals surface area contributed by atoms with Crippen molar-refractivity contribution in [1.29, 1.82) is 0 Å². The zero-order valence-electron chi connectivity index (χ0n) is 15.6. The molecule has 28 heavy (non-hydrogen) atoms. The number of carbonyl (C=O) groups is 1. The Morgan fingerprint density at radius 2 is 1.43 bits per heavy atom. The van der Waals surface area contributed by atoms with Crippen LogP contribution in [0.25, 0.3) is 0 Å². The summed E-state index contributed by atoms with van der Waals surface area (Å²) < 4.78 is 19.4. The lowest BCUT2D eigenvalue weighted by molar-refractivity contribution is -0.152. The van der Waals surface area contributed by atoms with Crippen LogP contribution in [0.2, 0.25) is 0 Å². The zero-order valence-corrected chi connectivity index (χ0v) is 16.4. The Morgan fingerprint density at radius 1 is 0.929 bits per heavy atom. The number of carbonyl (C=O) groups excluding carboxylic acids is 1. The van der Waals surface area contributed by atoms with Crippen LogP contribution in [0.15, 0.2) is 101 Å². The summed E-state index contributed by atoms with van der Waals surface area (Å²) in [5.41, 5.74) is 1.79. The van der Waals surface area contributed by atoms with Gasteiger partial charge >= 0.3 is 5.97 Å². The molecule has 140 valence electrons. The molecule has 4 rings (SSSR count). The van der Waals surface area contributed by atoms with Crippen molar-refractivity contribution in [2.45, 2.75) is 28.7 Å². The number of hydrogen-bond acceptors (Lipinski definition) is 3. The third-order valence-corrected chi connectivity index (χ3v) is 6.47. The fraction of sp³-hybridized carbons (Fsp3) is 0.125. The van der Waals surface area contributed by atoms with Gasteiger partial charge < -0.3 is 9.29 Å². The number of esters is 1. The predicted octanol–water partition coefficient (Wildman–Crippen LogP) is 4.77. The molecule has 1 aliphatic heterocycles. The van der Waals surface area contributed by atoms with E-state index < -0.39 is 22.7 Å². The molecule has 0 amide bonds. The van der Waals surface area contributed by atoms with E-state index in [1.807, 2.05) is 78.9 Å². The molecule has 0 bridgehead atoms. The van der Waals surface area contributed by atoms with Crippen LogP contribution in [-0.2, 0) is 32.7 Å². The summed E-state index contributed by atoms with van der Waals surface area (Å²) >= 11 is -1.33. The monoisotopic (exact) mass is 388 g/mol. The van der Waals surface area contributed by atoms with Crippen LogP contribution in [0.4, 0.5) is 0 Å². The van der Waals surface area contributed by atoms with Crippen molar-refractivity contribution >= 4 is 17.1 Å². The van der Waals surface area contributed by atoms with Gasteiger partial charge in [0.25, 0.3) is 0 Å². The van der Waals surface area contributed by atoms with Gasteiger partial charge in [-0.3, -0.25) is 0 Å². The summed E-state index contributed by atoms with van der Waals surface area (Å²) in [6.07, 6.45) is 0.443. The van der Waals surface area contributed by atoms with Gasteiger partial charge in [-0.2, -0.15) is 0 Å². The van der Waals surface area contributed by atoms with E-state index in [9.17, 15) is 9.35 Å². The molecule has 4 heteroatoms. The molecular formula is C24H20O3S. The van der Waals surface area contributed by atoms with Gasteiger partial charge in [0.05, 0.1) is 11.1 Å². The van der Waals surface area contributed by atoms with Crippen molar-refractivity contribution in [1.82, 2.24) is 0 Å². The van der Waals surface area contributed by atoms with E-state index in [4.69, 9.17) is 4.74 Å². The highest BCUT2D eigenvalue weighted by atomic mass is 32.2. The molecule has 3 nitrogen and oxygen atoms in total. The molecule has 3 aromatic carbocycles. The topological polar surface area (TPSA) is 49.4 Å². The van der Waals surface area contributed by atoms with Crippen LogP contribution in [0.5, 0.6) is 0 Å². The Hall–Kier alpha value is -2.82. The van der Waals surface area contributed by atoms with Gasteiger partial charge in [0.1, 0.15) is 0 Å². The second kappa shape index (κ2) is 7.30. The standard InChI is InChI=1S/C24H20O3S/c1-17(2)23(25)27-24(16-18-10-4-3-5-11-18)19-12-6-8-14-21(19)28(26)22-15-9-7-13-20(22)24/h3-15H,1,16H2,2H3. The number of benzene rings is 3. The summed E-state index contributed by atoms with van der Waals surface area (Å²) in [4.78, 5) is 14.1. The lowest BCUT2D eigenvalue weighted by atomic mass is 9.80. The van der Waals surface area contributed by atoms with E-state index in [1.165, 1.54) is 0 Å². The zero-order chi connectivity index (χ0) is 19.7. The molecule has 0 atom stereocenters. The molecule has 0 aromatic heterocycles. The molecule has 3 aromatic rings. The molecule has 1 aliphatic rings. The first-order valence-electron chi connectivity index (χ1n) is 9.06. The summed E-state index contributed by atoms with van der Waals surface area (Å²) in [5, 5.41) is 0. The average molecular weight is 388 g/mol. The molecule has 0 fully saturated rings. The second-order valence-corrected chi connectivity index (χ2v) is 8.34. The van der Waals surface area contributed by atoms with Crippen LogP contribution in [0.3, 0.4) is 0 Å². The second-order valence-electron chi connectivity index (χ2n) is 6.92. The van der Waals surface area contributed by atoms with E-state index in [0.717, 1.165) is 16.7 Å². The number of ether oxygens (including phenoxy) is 1. The Kier molecular flexibility index (Phi) is 4.84. The fourth-order valence-electron chi connectivity index (χ4n) is 3.65. The summed E-state index contributed by atoms with van der Waals surface area (Å²) in [6, 6.07) is 24.9. The highest BCUT2D eigenvalue weighted by Gasteiger charge is 2.50. The Morgan fingerprint density at radius 3 is 1.96 bits per heavy atom. The predicted molar refractivity (Wildman–Crippen MR) is 109 cm³/mol. The molecule has 0 radical (unpaired) electrons. The quantitative estimate of drug-likeness (QED) is 0.367. The Labute approximate surface area is 167 Å². The van der Waals surface area contributed by atoms with E-state index in [0.29, 0.717) is 21.8 Å². The van der Waals surface area contributed by atoms with Crippen LogP contribution >= 0.6 is 0 Å². The van der Waals surface area contributed by atoms with E-state index >= 15 is 0 Å². The summed E-state index contributed by atoms with van der Waals surface area (Å²) in [5.74, 6) is -0.465. The lowest BCUT2D eigenvalue weighted by Crippen LogP contribution is -2.41. The largest absolute Gasteiger partial charge is 0.606 e. The number of fused-ring (bicyclic) bond motifs is 2. The van der Waals surface area contributed by atoms with Crippen LogP contribution < -0.4 is 0 Å². The van der Waals surface area contributed by atoms with Crippen molar-refractivity contribution in [2.75, 3.05) is 0 Å². The van der Waals surface area contributed by atoms with Crippen LogP contribution in [0, 0.1) is 0 Å². The molecule has 0 saturated carbocycles. The molecule has 0 unspecified atom stereocenters. The van der Waals surface area contributed by atoms with Gasteiger partial charge in [0.2, 0.25) is 0 Å². The van der Waals surface area contributed by atoms with E-state index in [2.05, 4.69) is 6.58 Å². The third kappa shape index (κ3) is 3.05. The SMILES string of the molecule is C=C(C)C(=O)OC1(Cc2ccccc2)c2ccccc2[S+]([O-])c2ccccc21. The van der Waals surface area contributed by atoms with Crippen molar-refractivity contribution < 1.29 is 14.1 Å². The maximum atomic E-state index is 13.2.